The van der Waals surface area contributed by atoms with Gasteiger partial charge in [0.25, 0.3) is 0 Å². The van der Waals surface area contributed by atoms with Crippen molar-refractivity contribution >= 4 is 35.6 Å². The SMILES string of the molecule is CCNC(=NCc1ccnc(C)n1)N1CCc2ccccc21.I. The van der Waals surface area contributed by atoms with Gasteiger partial charge in [0, 0.05) is 25.0 Å². The van der Waals surface area contributed by atoms with Crippen LogP contribution in [0.25, 0.3) is 0 Å². The van der Waals surface area contributed by atoms with Gasteiger partial charge in [-0.2, -0.15) is 0 Å². The molecule has 0 saturated heterocycles. The molecule has 1 aliphatic rings. The van der Waals surface area contributed by atoms with E-state index in [1.54, 1.807) is 6.20 Å². The molecule has 0 bridgehead atoms. The van der Waals surface area contributed by atoms with E-state index in [-0.39, 0.29) is 24.0 Å². The minimum Gasteiger partial charge on any atom is -0.356 e. The summed E-state index contributed by atoms with van der Waals surface area (Å²) in [6.07, 6.45) is 2.85. The van der Waals surface area contributed by atoms with Crippen LogP contribution in [0.2, 0.25) is 0 Å². The largest absolute Gasteiger partial charge is 0.356 e. The highest BCUT2D eigenvalue weighted by Crippen LogP contribution is 2.27. The summed E-state index contributed by atoms with van der Waals surface area (Å²) in [6, 6.07) is 10.4. The van der Waals surface area contributed by atoms with Crippen molar-refractivity contribution in [3.05, 3.63) is 53.6 Å². The van der Waals surface area contributed by atoms with Gasteiger partial charge >= 0.3 is 0 Å². The lowest BCUT2D eigenvalue weighted by Gasteiger charge is -2.22. The summed E-state index contributed by atoms with van der Waals surface area (Å²) >= 11 is 0. The Bertz CT molecular complexity index is 686. The van der Waals surface area contributed by atoms with Gasteiger partial charge in [0.2, 0.25) is 0 Å². The van der Waals surface area contributed by atoms with Crippen LogP contribution < -0.4 is 10.2 Å². The number of guanidine groups is 1. The van der Waals surface area contributed by atoms with E-state index in [9.17, 15) is 0 Å². The third kappa shape index (κ3) is 4.19. The molecule has 2 aromatic rings. The van der Waals surface area contributed by atoms with E-state index in [4.69, 9.17) is 4.99 Å². The number of rotatable bonds is 3. The van der Waals surface area contributed by atoms with Gasteiger partial charge in [0.05, 0.1) is 12.2 Å². The Morgan fingerprint density at radius 1 is 1.30 bits per heavy atom. The van der Waals surface area contributed by atoms with Crippen LogP contribution in [0, 0.1) is 6.92 Å². The smallest absolute Gasteiger partial charge is 0.198 e. The molecule has 5 nitrogen and oxygen atoms in total. The number of aliphatic imine (C=N–C) groups is 1. The van der Waals surface area contributed by atoms with Crippen LogP contribution >= 0.6 is 24.0 Å². The van der Waals surface area contributed by atoms with Crippen molar-refractivity contribution in [1.29, 1.82) is 0 Å². The van der Waals surface area contributed by atoms with Gasteiger partial charge in [-0.15, -0.1) is 24.0 Å². The summed E-state index contributed by atoms with van der Waals surface area (Å²) in [4.78, 5) is 15.5. The highest BCUT2D eigenvalue weighted by atomic mass is 127. The van der Waals surface area contributed by atoms with E-state index >= 15 is 0 Å². The van der Waals surface area contributed by atoms with Crippen molar-refractivity contribution in [3.8, 4) is 0 Å². The molecule has 0 aliphatic carbocycles. The Morgan fingerprint density at radius 3 is 2.91 bits per heavy atom. The maximum atomic E-state index is 4.75. The minimum atomic E-state index is 0. The monoisotopic (exact) mass is 423 g/mol. The van der Waals surface area contributed by atoms with E-state index in [1.165, 1.54) is 11.3 Å². The number of aromatic nitrogens is 2. The number of aryl methyl sites for hydroxylation is 1. The van der Waals surface area contributed by atoms with Gasteiger partial charge < -0.3 is 10.2 Å². The molecule has 0 saturated carbocycles. The first-order valence-electron chi connectivity index (χ1n) is 7.70. The Labute approximate surface area is 154 Å². The van der Waals surface area contributed by atoms with E-state index in [0.29, 0.717) is 6.54 Å². The number of para-hydroxylation sites is 1. The van der Waals surface area contributed by atoms with Crippen molar-refractivity contribution < 1.29 is 0 Å². The topological polar surface area (TPSA) is 53.4 Å². The van der Waals surface area contributed by atoms with Crippen LogP contribution in [0.3, 0.4) is 0 Å². The van der Waals surface area contributed by atoms with Gasteiger partial charge in [-0.1, -0.05) is 18.2 Å². The van der Waals surface area contributed by atoms with E-state index in [2.05, 4.69) is 51.4 Å². The molecular weight excluding hydrogens is 401 g/mol. The van der Waals surface area contributed by atoms with Gasteiger partial charge in [-0.25, -0.2) is 15.0 Å². The fourth-order valence-corrected chi connectivity index (χ4v) is 2.70. The molecule has 0 atom stereocenters. The lowest BCUT2D eigenvalue weighted by atomic mass is 10.2. The van der Waals surface area contributed by atoms with Crippen molar-refractivity contribution in [2.75, 3.05) is 18.0 Å². The lowest BCUT2D eigenvalue weighted by Crippen LogP contribution is -2.40. The predicted molar refractivity (Wildman–Crippen MR) is 104 cm³/mol. The average molecular weight is 423 g/mol. The maximum Gasteiger partial charge on any atom is 0.198 e. The molecule has 0 unspecified atom stereocenters. The highest BCUT2D eigenvalue weighted by molar-refractivity contribution is 14.0. The Hall–Kier alpha value is -1.70. The number of benzene rings is 1. The second-order valence-corrected chi connectivity index (χ2v) is 5.30. The quantitative estimate of drug-likeness (QED) is 0.469. The molecule has 2 heterocycles. The van der Waals surface area contributed by atoms with Crippen LogP contribution in [0.15, 0.2) is 41.5 Å². The van der Waals surface area contributed by atoms with Crippen LogP contribution in [0.5, 0.6) is 0 Å². The standard InChI is InChI=1S/C17H21N5.HI/c1-3-18-17(20-12-15-8-10-19-13(2)21-15)22-11-9-14-6-4-5-7-16(14)22;/h4-8,10H,3,9,11-12H2,1-2H3,(H,18,20);1H. The van der Waals surface area contributed by atoms with E-state index in [0.717, 1.165) is 37.0 Å². The van der Waals surface area contributed by atoms with Gasteiger partial charge in [-0.3, -0.25) is 0 Å². The molecular formula is C17H22IN5. The number of halogens is 1. The fourth-order valence-electron chi connectivity index (χ4n) is 2.70. The molecule has 1 N–H and O–H groups in total. The van der Waals surface area contributed by atoms with Crippen molar-refractivity contribution in [3.63, 3.8) is 0 Å². The van der Waals surface area contributed by atoms with Crippen LogP contribution in [-0.2, 0) is 13.0 Å². The van der Waals surface area contributed by atoms with Gasteiger partial charge in [-0.05, 0) is 38.0 Å². The normalized spacial score (nSPS) is 13.5. The number of anilines is 1. The summed E-state index contributed by atoms with van der Waals surface area (Å²) in [5, 5.41) is 3.38. The zero-order chi connectivity index (χ0) is 15.4. The van der Waals surface area contributed by atoms with Crippen LogP contribution in [0.1, 0.15) is 24.0 Å². The first-order valence-corrected chi connectivity index (χ1v) is 7.70. The van der Waals surface area contributed by atoms with E-state index < -0.39 is 0 Å². The fraction of sp³-hybridized carbons (Fsp3) is 0.353. The maximum absolute atomic E-state index is 4.75. The number of nitrogens with zero attached hydrogens (tertiary/aromatic N) is 4. The van der Waals surface area contributed by atoms with E-state index in [1.807, 2.05) is 13.0 Å². The van der Waals surface area contributed by atoms with Gasteiger partial charge in [0.15, 0.2) is 5.96 Å². The number of hydrogen-bond acceptors (Lipinski definition) is 3. The molecule has 1 aliphatic heterocycles. The third-order valence-electron chi connectivity index (χ3n) is 3.70. The summed E-state index contributed by atoms with van der Waals surface area (Å²) in [7, 11) is 0. The molecule has 23 heavy (non-hydrogen) atoms. The second kappa shape index (κ2) is 8.24. The Balaban J connectivity index is 0.00000192. The summed E-state index contributed by atoms with van der Waals surface area (Å²) < 4.78 is 0. The Kier molecular flexibility index (Phi) is 6.32. The van der Waals surface area contributed by atoms with Crippen LogP contribution in [-0.4, -0.2) is 29.0 Å². The number of hydrogen-bond donors (Lipinski definition) is 1. The molecule has 0 radical (unpaired) electrons. The second-order valence-electron chi connectivity index (χ2n) is 5.30. The summed E-state index contributed by atoms with van der Waals surface area (Å²) in [5.74, 6) is 1.70. The summed E-state index contributed by atoms with van der Waals surface area (Å²) in [5.41, 5.74) is 3.57. The highest BCUT2D eigenvalue weighted by Gasteiger charge is 2.22. The molecule has 1 aromatic carbocycles. The zero-order valence-corrected chi connectivity index (χ0v) is 15.8. The first-order chi connectivity index (χ1) is 10.8. The van der Waals surface area contributed by atoms with Crippen molar-refractivity contribution in [2.45, 2.75) is 26.8 Å². The van der Waals surface area contributed by atoms with Crippen molar-refractivity contribution in [2.24, 2.45) is 4.99 Å². The predicted octanol–water partition coefficient (Wildman–Crippen LogP) is 2.93. The molecule has 3 rings (SSSR count). The molecule has 0 spiro atoms. The lowest BCUT2D eigenvalue weighted by molar-refractivity contribution is 0.864. The third-order valence-corrected chi connectivity index (χ3v) is 3.70. The number of fused-ring (bicyclic) bond motifs is 1. The van der Waals surface area contributed by atoms with Crippen LogP contribution in [0.4, 0.5) is 5.69 Å². The number of nitrogens with one attached hydrogen (secondary N) is 1. The zero-order valence-electron chi connectivity index (χ0n) is 13.5. The average Bonchev–Trinajstić information content (AvgIpc) is 2.95. The summed E-state index contributed by atoms with van der Waals surface area (Å²) in [6.45, 7) is 6.36. The first kappa shape index (κ1) is 17.7. The molecule has 6 heteroatoms. The molecule has 0 fully saturated rings. The molecule has 0 amide bonds. The van der Waals surface area contributed by atoms with Crippen molar-refractivity contribution in [1.82, 2.24) is 15.3 Å². The minimum absolute atomic E-state index is 0. The van der Waals surface area contributed by atoms with Gasteiger partial charge in [0.1, 0.15) is 5.82 Å². The Morgan fingerprint density at radius 2 is 2.13 bits per heavy atom. The molecule has 1 aromatic heterocycles. The molecule has 122 valence electrons.